The number of halogens is 2. The van der Waals surface area contributed by atoms with E-state index >= 15 is 0 Å². The molecule has 12 nitrogen and oxygen atoms in total. The van der Waals surface area contributed by atoms with Gasteiger partial charge >= 0.3 is 6.16 Å². The van der Waals surface area contributed by atoms with Crippen LogP contribution in [0.5, 0.6) is 5.75 Å². The molecule has 0 aliphatic carbocycles. The van der Waals surface area contributed by atoms with Crippen molar-refractivity contribution in [3.8, 4) is 5.75 Å². The van der Waals surface area contributed by atoms with Gasteiger partial charge in [0, 0.05) is 43.4 Å². The van der Waals surface area contributed by atoms with Crippen LogP contribution in [-0.4, -0.2) is 90.1 Å². The lowest BCUT2D eigenvalue weighted by atomic mass is 9.84. The molecule has 5 rings (SSSR count). The third kappa shape index (κ3) is 6.03. The molecule has 0 unspecified atom stereocenters. The number of nitrogens with one attached hydrogen (secondary N) is 1. The monoisotopic (exact) mass is 616 g/mol. The van der Waals surface area contributed by atoms with Gasteiger partial charge in [-0.1, -0.05) is 11.2 Å². The number of carbonyl (C=O) groups is 3. The van der Waals surface area contributed by atoms with Crippen molar-refractivity contribution in [1.82, 2.24) is 14.8 Å². The van der Waals surface area contributed by atoms with Crippen LogP contribution in [0.15, 0.2) is 34.3 Å². The van der Waals surface area contributed by atoms with E-state index in [1.165, 1.54) is 16.8 Å². The Labute approximate surface area is 252 Å². The van der Waals surface area contributed by atoms with Gasteiger partial charge in [-0.25, -0.2) is 13.6 Å². The van der Waals surface area contributed by atoms with E-state index in [0.29, 0.717) is 36.4 Å². The molecule has 2 amide bonds. The van der Waals surface area contributed by atoms with Gasteiger partial charge in [0.25, 0.3) is 11.8 Å². The fourth-order valence-corrected chi connectivity index (χ4v) is 5.82. The molecule has 3 aliphatic heterocycles. The molecule has 1 fully saturated rings. The average molecular weight is 617 g/mol. The Morgan fingerprint density at radius 2 is 1.98 bits per heavy atom. The number of ether oxygens (including phenoxy) is 2. The number of oxime groups is 1. The molecule has 1 N–H and O–H groups in total. The molecule has 236 valence electrons. The molecule has 1 saturated heterocycles. The van der Waals surface area contributed by atoms with Gasteiger partial charge in [0.1, 0.15) is 30.3 Å². The normalized spacial score (nSPS) is 22.6. The van der Waals surface area contributed by atoms with E-state index in [-0.39, 0.29) is 37.0 Å². The largest absolute Gasteiger partial charge is 0.514 e. The van der Waals surface area contributed by atoms with Gasteiger partial charge in [-0.15, -0.1) is 0 Å². The summed E-state index contributed by atoms with van der Waals surface area (Å²) in [6, 6.07) is 2.08. The molecular formula is C30H36F2N5O7+. The molecule has 4 heterocycles. The second kappa shape index (κ2) is 11.6. The lowest BCUT2D eigenvalue weighted by molar-refractivity contribution is -0.870. The van der Waals surface area contributed by atoms with Crippen LogP contribution in [0.3, 0.4) is 0 Å². The zero-order valence-electron chi connectivity index (χ0n) is 25.3. The number of hydrogen-bond acceptors (Lipinski definition) is 8. The van der Waals surface area contributed by atoms with Crippen molar-refractivity contribution < 1.29 is 42.0 Å². The topological polar surface area (TPSA) is 129 Å². The summed E-state index contributed by atoms with van der Waals surface area (Å²) < 4.78 is 40.2. The van der Waals surface area contributed by atoms with Gasteiger partial charge in [0.2, 0.25) is 11.2 Å². The van der Waals surface area contributed by atoms with Gasteiger partial charge < -0.3 is 33.6 Å². The molecule has 3 atom stereocenters. The average Bonchev–Trinajstić information content (AvgIpc) is 3.27. The Morgan fingerprint density at radius 1 is 1.23 bits per heavy atom. The minimum absolute atomic E-state index is 0.00961. The van der Waals surface area contributed by atoms with Crippen molar-refractivity contribution in [1.29, 1.82) is 0 Å². The first kappa shape index (κ1) is 31.1. The van der Waals surface area contributed by atoms with Gasteiger partial charge in [0.15, 0.2) is 11.3 Å². The second-order valence-electron chi connectivity index (χ2n) is 12.6. The number of carbonyl (C=O) groups excluding carboxylic acids is 3. The summed E-state index contributed by atoms with van der Waals surface area (Å²) in [5.74, 6) is -3.77. The highest BCUT2D eigenvalue weighted by Crippen LogP contribution is 2.46. The van der Waals surface area contributed by atoms with Crippen molar-refractivity contribution in [2.24, 2.45) is 5.16 Å². The van der Waals surface area contributed by atoms with Crippen molar-refractivity contribution in [3.63, 3.8) is 0 Å². The molecule has 1 aromatic carbocycles. The number of hydrogen-bond donors (Lipinski definition) is 1. The molecule has 2 aromatic rings. The van der Waals surface area contributed by atoms with Crippen LogP contribution in [0.1, 0.15) is 65.6 Å². The minimum atomic E-state index is -1.21. The zero-order valence-corrected chi connectivity index (χ0v) is 25.3. The Kier molecular flexibility index (Phi) is 8.23. The highest BCUT2D eigenvalue weighted by Gasteiger charge is 2.54. The van der Waals surface area contributed by atoms with Crippen LogP contribution in [0.25, 0.3) is 0 Å². The minimum Gasteiger partial charge on any atom is -0.428 e. The van der Waals surface area contributed by atoms with Crippen molar-refractivity contribution >= 4 is 23.7 Å². The smallest absolute Gasteiger partial charge is 0.428 e. The molecule has 1 spiro atoms. The molecule has 44 heavy (non-hydrogen) atoms. The quantitative estimate of drug-likeness (QED) is 0.374. The Hall–Kier alpha value is -4.33. The summed E-state index contributed by atoms with van der Waals surface area (Å²) in [4.78, 5) is 61.6. The summed E-state index contributed by atoms with van der Waals surface area (Å²) in [6.07, 6.45) is 1.61. The van der Waals surface area contributed by atoms with E-state index in [1.807, 2.05) is 35.0 Å². The van der Waals surface area contributed by atoms with E-state index in [1.54, 1.807) is 4.90 Å². The molecule has 14 heteroatoms. The van der Waals surface area contributed by atoms with E-state index in [9.17, 15) is 28.0 Å². The number of rotatable bonds is 7. The Morgan fingerprint density at radius 3 is 2.64 bits per heavy atom. The standard InChI is InChI=1S/C30H35F2N5O7/c1-17-13-30(44-34-17)9-8-18(2)35-16-23(30)36-15-21(27(39)33-14-19-6-7-20(31)12-22(19)32)25(38)26(24(36)28(35)40)43-29(41)42-11-10-37(3,4)5/h6-7,12,15,18,23H,8-11,13-14,16H2,1-5H3/p+1/t18-,23+,30-/m0/s1. The number of benzene rings is 1. The molecule has 0 saturated carbocycles. The Balaban J connectivity index is 1.57. The maximum absolute atomic E-state index is 14.2. The Bertz CT molecular complexity index is 1600. The summed E-state index contributed by atoms with van der Waals surface area (Å²) in [5, 5.41) is 6.66. The summed E-state index contributed by atoms with van der Waals surface area (Å²) in [5.41, 5.74) is -1.82. The van der Waals surface area contributed by atoms with Gasteiger partial charge in [-0.05, 0) is 32.8 Å². The summed E-state index contributed by atoms with van der Waals surface area (Å²) >= 11 is 0. The fraction of sp³-hybridized carbons (Fsp3) is 0.500. The SMILES string of the molecule is CC1=NO[C@@]2(CC[C@H](C)N3C[C@H]2n2cc(C(=O)NCc4ccc(F)cc4F)c(=O)c(OC(=O)OCC[N+](C)(C)C)c2C3=O)C1. The first-order chi connectivity index (χ1) is 20.7. The van der Waals surface area contributed by atoms with Crippen LogP contribution in [0.2, 0.25) is 0 Å². The lowest BCUT2D eigenvalue weighted by Gasteiger charge is -2.42. The van der Waals surface area contributed by atoms with E-state index in [4.69, 9.17) is 14.3 Å². The number of quaternary nitrogens is 1. The van der Waals surface area contributed by atoms with Crippen LogP contribution < -0.4 is 15.5 Å². The van der Waals surface area contributed by atoms with Gasteiger partial charge in [0.05, 0.1) is 32.9 Å². The number of amides is 2. The van der Waals surface area contributed by atoms with Crippen LogP contribution >= 0.6 is 0 Å². The predicted octanol–water partition coefficient (Wildman–Crippen LogP) is 2.99. The van der Waals surface area contributed by atoms with E-state index in [2.05, 4.69) is 10.5 Å². The highest BCUT2D eigenvalue weighted by atomic mass is 19.1. The number of pyridine rings is 1. The summed E-state index contributed by atoms with van der Waals surface area (Å²) in [6.45, 7) is 3.98. The number of nitrogens with zero attached hydrogens (tertiary/aromatic N) is 4. The van der Waals surface area contributed by atoms with Crippen molar-refractivity contribution in [2.75, 3.05) is 40.8 Å². The zero-order chi connectivity index (χ0) is 32.0. The van der Waals surface area contributed by atoms with Crippen LogP contribution in [0.4, 0.5) is 13.6 Å². The second-order valence-corrected chi connectivity index (χ2v) is 12.6. The third-order valence-corrected chi connectivity index (χ3v) is 8.29. The number of fused-ring (bicyclic) bond motifs is 5. The van der Waals surface area contributed by atoms with Crippen LogP contribution in [-0.2, 0) is 16.1 Å². The molecule has 3 aliphatic rings. The maximum Gasteiger partial charge on any atom is 0.514 e. The highest BCUT2D eigenvalue weighted by molar-refractivity contribution is 6.00. The van der Waals surface area contributed by atoms with Crippen LogP contribution in [0, 0.1) is 11.6 Å². The first-order valence-corrected chi connectivity index (χ1v) is 14.4. The summed E-state index contributed by atoms with van der Waals surface area (Å²) in [7, 11) is 5.71. The number of likely N-dealkylation sites (N-methyl/N-ethyl adjacent to an activating group) is 1. The molecule has 0 radical (unpaired) electrons. The lowest BCUT2D eigenvalue weighted by Crippen LogP contribution is -2.52. The molecular weight excluding hydrogens is 580 g/mol. The first-order valence-electron chi connectivity index (χ1n) is 14.4. The van der Waals surface area contributed by atoms with Gasteiger partial charge in [-0.3, -0.25) is 14.4 Å². The molecule has 1 aromatic heterocycles. The maximum atomic E-state index is 14.2. The predicted molar refractivity (Wildman–Crippen MR) is 153 cm³/mol. The van der Waals surface area contributed by atoms with Crippen molar-refractivity contribution in [3.05, 3.63) is 63.1 Å². The van der Waals surface area contributed by atoms with Gasteiger partial charge in [-0.2, -0.15) is 0 Å². The van der Waals surface area contributed by atoms with E-state index < -0.39 is 58.0 Å². The van der Waals surface area contributed by atoms with Crippen molar-refractivity contribution in [2.45, 2.75) is 57.3 Å². The van der Waals surface area contributed by atoms with E-state index in [0.717, 1.165) is 11.8 Å². The fourth-order valence-electron chi connectivity index (χ4n) is 5.82. The molecule has 2 bridgehead atoms. The number of aromatic nitrogens is 1. The third-order valence-electron chi connectivity index (χ3n) is 8.29.